The van der Waals surface area contributed by atoms with Gasteiger partial charge in [0, 0.05) is 5.69 Å². The maximum absolute atomic E-state index is 10.1. The molecule has 106 valence electrons. The van der Waals surface area contributed by atoms with Crippen LogP contribution in [-0.4, -0.2) is 34.7 Å². The van der Waals surface area contributed by atoms with Crippen LogP contribution in [-0.2, 0) is 9.59 Å². The molecule has 1 aromatic rings. The van der Waals surface area contributed by atoms with E-state index >= 15 is 0 Å². The van der Waals surface area contributed by atoms with Gasteiger partial charge in [-0.2, -0.15) is 0 Å². The Morgan fingerprint density at radius 3 is 2.05 bits per heavy atom. The molecular weight excluding hydrogens is 248 g/mol. The molecule has 1 atom stereocenters. The highest BCUT2D eigenvalue weighted by Crippen LogP contribution is 2.03. The Hall–Kier alpha value is -2.08. The fourth-order valence-electron chi connectivity index (χ4n) is 1.02. The predicted molar refractivity (Wildman–Crippen MR) is 73.0 cm³/mol. The van der Waals surface area contributed by atoms with E-state index in [0.29, 0.717) is 0 Å². The highest BCUT2D eigenvalue weighted by molar-refractivity contribution is 5.73. The largest absolute Gasteiger partial charge is 0.480 e. The molecule has 1 unspecified atom stereocenters. The Bertz CT molecular complexity index is 393. The molecule has 0 bridgehead atoms. The first kappa shape index (κ1) is 16.9. The van der Waals surface area contributed by atoms with Crippen molar-refractivity contribution in [3.63, 3.8) is 0 Å². The van der Waals surface area contributed by atoms with Gasteiger partial charge in [-0.1, -0.05) is 32.0 Å². The summed E-state index contributed by atoms with van der Waals surface area (Å²) in [6.07, 6.45) is 0. The van der Waals surface area contributed by atoms with Crippen LogP contribution in [0.15, 0.2) is 30.3 Å². The van der Waals surface area contributed by atoms with Gasteiger partial charge < -0.3 is 21.3 Å². The van der Waals surface area contributed by atoms with E-state index in [1.807, 2.05) is 30.3 Å². The van der Waals surface area contributed by atoms with E-state index in [2.05, 4.69) is 5.32 Å². The van der Waals surface area contributed by atoms with Gasteiger partial charge in [0.05, 0.1) is 0 Å². The minimum Gasteiger partial charge on any atom is -0.480 e. The van der Waals surface area contributed by atoms with Gasteiger partial charge in [-0.15, -0.1) is 0 Å². The minimum atomic E-state index is -0.931. The lowest BCUT2D eigenvalue weighted by atomic mass is 10.1. The summed E-state index contributed by atoms with van der Waals surface area (Å²) in [7, 11) is 0. The first-order chi connectivity index (χ1) is 8.84. The molecule has 0 aliphatic rings. The van der Waals surface area contributed by atoms with Crippen LogP contribution in [0.2, 0.25) is 0 Å². The predicted octanol–water partition coefficient (Wildman–Crippen LogP) is 1.24. The third-order valence-electron chi connectivity index (χ3n) is 2.22. The number of benzene rings is 1. The fraction of sp³-hybridized carbons (Fsp3) is 0.385. The molecule has 0 fully saturated rings. The van der Waals surface area contributed by atoms with Crippen molar-refractivity contribution in [2.24, 2.45) is 11.7 Å². The summed E-state index contributed by atoms with van der Waals surface area (Å²) in [6.45, 7) is 3.52. The number of nitrogens with one attached hydrogen (secondary N) is 1. The molecule has 0 aliphatic heterocycles. The number of hydrogen-bond donors (Lipinski definition) is 4. The summed E-state index contributed by atoms with van der Waals surface area (Å²) in [6, 6.07) is 8.52. The number of aliphatic carboxylic acids is 2. The second-order valence-electron chi connectivity index (χ2n) is 4.22. The topological polar surface area (TPSA) is 113 Å². The molecule has 0 aromatic heterocycles. The van der Waals surface area contributed by atoms with E-state index in [4.69, 9.17) is 15.9 Å². The van der Waals surface area contributed by atoms with Crippen LogP contribution in [0.25, 0.3) is 0 Å². The number of carboxylic acids is 2. The highest BCUT2D eigenvalue weighted by Gasteiger charge is 2.14. The van der Waals surface area contributed by atoms with Crippen LogP contribution < -0.4 is 11.1 Å². The van der Waals surface area contributed by atoms with Crippen LogP contribution in [0.3, 0.4) is 0 Å². The van der Waals surface area contributed by atoms with E-state index in [-0.39, 0.29) is 12.5 Å². The highest BCUT2D eigenvalue weighted by atomic mass is 16.4. The van der Waals surface area contributed by atoms with Crippen LogP contribution in [0.5, 0.6) is 0 Å². The lowest BCUT2D eigenvalue weighted by Crippen LogP contribution is -2.34. The Balaban J connectivity index is 0.000000362. The molecule has 1 rings (SSSR count). The summed E-state index contributed by atoms with van der Waals surface area (Å²) in [5.74, 6) is -1.76. The molecule has 0 saturated carbocycles. The molecule has 0 radical (unpaired) electrons. The van der Waals surface area contributed by atoms with Crippen molar-refractivity contribution < 1.29 is 19.8 Å². The van der Waals surface area contributed by atoms with Gasteiger partial charge in [0.15, 0.2) is 0 Å². The van der Waals surface area contributed by atoms with Crippen molar-refractivity contribution >= 4 is 17.6 Å². The Labute approximate surface area is 112 Å². The minimum absolute atomic E-state index is 0.0208. The van der Waals surface area contributed by atoms with E-state index in [0.717, 1.165) is 5.69 Å². The van der Waals surface area contributed by atoms with E-state index in [1.165, 1.54) is 0 Å². The van der Waals surface area contributed by atoms with Crippen LogP contribution in [0.1, 0.15) is 13.8 Å². The van der Waals surface area contributed by atoms with E-state index in [1.54, 1.807) is 13.8 Å². The summed E-state index contributed by atoms with van der Waals surface area (Å²) in [5.41, 5.74) is 5.99. The van der Waals surface area contributed by atoms with Crippen LogP contribution in [0, 0.1) is 5.92 Å². The van der Waals surface area contributed by atoms with Crippen molar-refractivity contribution in [1.29, 1.82) is 0 Å². The number of carboxylic acid groups (broad SMARTS) is 2. The van der Waals surface area contributed by atoms with Crippen LogP contribution >= 0.6 is 0 Å². The van der Waals surface area contributed by atoms with Gasteiger partial charge in [-0.3, -0.25) is 9.59 Å². The second-order valence-corrected chi connectivity index (χ2v) is 4.22. The first-order valence-electron chi connectivity index (χ1n) is 5.83. The summed E-state index contributed by atoms with van der Waals surface area (Å²) >= 11 is 0. The molecule has 0 saturated heterocycles. The monoisotopic (exact) mass is 268 g/mol. The number of nitrogens with two attached hydrogens (primary N) is 1. The normalized spacial score (nSPS) is 11.2. The zero-order valence-electron chi connectivity index (χ0n) is 11.0. The third kappa shape index (κ3) is 8.62. The summed E-state index contributed by atoms with van der Waals surface area (Å²) in [5, 5.41) is 19.3. The zero-order chi connectivity index (χ0) is 14.8. The standard InChI is InChI=1S/C8H9NO2.C5H11NO2/c10-8(11)6-9-7-4-2-1-3-5-7;1-3(2)4(6)5(7)8/h1-5,9H,6H2,(H,10,11);3-4H,6H2,1-2H3,(H,7,8). The number of anilines is 1. The average Bonchev–Trinajstić information content (AvgIpc) is 2.37. The molecule has 0 spiro atoms. The first-order valence-corrected chi connectivity index (χ1v) is 5.83. The zero-order valence-corrected chi connectivity index (χ0v) is 11.0. The lowest BCUT2D eigenvalue weighted by molar-refractivity contribution is -0.139. The third-order valence-corrected chi connectivity index (χ3v) is 2.22. The Morgan fingerprint density at radius 2 is 1.74 bits per heavy atom. The smallest absolute Gasteiger partial charge is 0.322 e. The molecule has 0 heterocycles. The quantitative estimate of drug-likeness (QED) is 0.639. The molecule has 19 heavy (non-hydrogen) atoms. The maximum Gasteiger partial charge on any atom is 0.322 e. The van der Waals surface area contributed by atoms with Crippen molar-refractivity contribution in [1.82, 2.24) is 0 Å². The number of carbonyl (C=O) groups is 2. The van der Waals surface area contributed by atoms with Gasteiger partial charge in [0.1, 0.15) is 12.6 Å². The number of hydrogen-bond acceptors (Lipinski definition) is 4. The molecule has 6 nitrogen and oxygen atoms in total. The maximum atomic E-state index is 10.1. The average molecular weight is 268 g/mol. The van der Waals surface area contributed by atoms with Crippen molar-refractivity contribution in [2.75, 3.05) is 11.9 Å². The molecule has 1 aromatic carbocycles. The van der Waals surface area contributed by atoms with Crippen molar-refractivity contribution in [2.45, 2.75) is 19.9 Å². The van der Waals surface area contributed by atoms with E-state index in [9.17, 15) is 9.59 Å². The van der Waals surface area contributed by atoms with Gasteiger partial charge >= 0.3 is 11.9 Å². The molecule has 0 aliphatic carbocycles. The van der Waals surface area contributed by atoms with Gasteiger partial charge in [0.25, 0.3) is 0 Å². The van der Waals surface area contributed by atoms with Gasteiger partial charge in [-0.25, -0.2) is 0 Å². The van der Waals surface area contributed by atoms with Gasteiger partial charge in [-0.05, 0) is 18.1 Å². The molecular formula is C13H20N2O4. The fourth-order valence-corrected chi connectivity index (χ4v) is 1.02. The van der Waals surface area contributed by atoms with Gasteiger partial charge in [0.2, 0.25) is 0 Å². The SMILES string of the molecule is CC(C)C(N)C(=O)O.O=C(O)CNc1ccccc1. The number of para-hydroxylation sites is 1. The Morgan fingerprint density at radius 1 is 1.21 bits per heavy atom. The molecule has 6 heteroatoms. The summed E-state index contributed by atoms with van der Waals surface area (Å²) in [4.78, 5) is 20.1. The molecule has 5 N–H and O–H groups in total. The second kappa shape index (κ2) is 8.93. The number of rotatable bonds is 5. The molecule has 0 amide bonds. The Kier molecular flexibility index (Phi) is 7.95. The van der Waals surface area contributed by atoms with E-state index < -0.39 is 18.0 Å². The van der Waals surface area contributed by atoms with Crippen LogP contribution in [0.4, 0.5) is 5.69 Å². The van der Waals surface area contributed by atoms with Crippen molar-refractivity contribution in [3.05, 3.63) is 30.3 Å². The van der Waals surface area contributed by atoms with Crippen molar-refractivity contribution in [3.8, 4) is 0 Å². The summed E-state index contributed by atoms with van der Waals surface area (Å²) < 4.78 is 0. The lowest BCUT2D eigenvalue weighted by Gasteiger charge is -2.07.